The molecule has 1 unspecified atom stereocenters. The number of nitrogens with zero attached hydrogens (tertiary/aromatic N) is 2. The minimum Gasteiger partial charge on any atom is -0.481 e. The van der Waals surface area contributed by atoms with Crippen LogP contribution in [0.5, 0.6) is 0 Å². The molecule has 120 valence electrons. The first kappa shape index (κ1) is 17.5. The molecule has 1 N–H and O–H groups in total. The lowest BCUT2D eigenvalue weighted by molar-refractivity contribution is -0.146. The van der Waals surface area contributed by atoms with Gasteiger partial charge >= 0.3 is 5.97 Å². The van der Waals surface area contributed by atoms with Gasteiger partial charge < -0.3 is 14.9 Å². The number of hydrogen-bond acceptors (Lipinski definition) is 3. The van der Waals surface area contributed by atoms with Gasteiger partial charge in [-0.25, -0.2) is 0 Å². The van der Waals surface area contributed by atoms with E-state index < -0.39 is 5.97 Å². The maximum absolute atomic E-state index is 12.2. The van der Waals surface area contributed by atoms with Gasteiger partial charge in [-0.2, -0.15) is 0 Å². The highest BCUT2D eigenvalue weighted by atomic mass is 16.4. The van der Waals surface area contributed by atoms with Crippen molar-refractivity contribution in [2.24, 2.45) is 11.8 Å². The molecular formula is C15H26N2O4. The van der Waals surface area contributed by atoms with Crippen molar-refractivity contribution in [3.63, 3.8) is 0 Å². The van der Waals surface area contributed by atoms with Crippen LogP contribution >= 0.6 is 0 Å². The molecule has 1 saturated heterocycles. The highest BCUT2D eigenvalue weighted by Gasteiger charge is 2.28. The van der Waals surface area contributed by atoms with Crippen LogP contribution in [0.3, 0.4) is 0 Å². The molecule has 1 aliphatic heterocycles. The average Bonchev–Trinajstić information content (AvgIpc) is 2.46. The van der Waals surface area contributed by atoms with Crippen LogP contribution in [0, 0.1) is 11.8 Å². The number of likely N-dealkylation sites (N-methyl/N-ethyl adjacent to an activating group) is 1. The zero-order chi connectivity index (χ0) is 16.0. The number of amides is 2. The highest BCUT2D eigenvalue weighted by molar-refractivity contribution is 5.85. The van der Waals surface area contributed by atoms with Gasteiger partial charge in [0.05, 0.1) is 12.5 Å². The number of carboxylic acid groups (broad SMARTS) is 1. The van der Waals surface area contributed by atoms with Crippen molar-refractivity contribution < 1.29 is 19.5 Å². The summed E-state index contributed by atoms with van der Waals surface area (Å²) in [5.41, 5.74) is 0. The quantitative estimate of drug-likeness (QED) is 0.799. The Kier molecular flexibility index (Phi) is 6.65. The van der Waals surface area contributed by atoms with Crippen LogP contribution < -0.4 is 0 Å². The van der Waals surface area contributed by atoms with E-state index in [0.717, 1.165) is 12.8 Å². The molecular weight excluding hydrogens is 272 g/mol. The first-order valence-electron chi connectivity index (χ1n) is 7.62. The van der Waals surface area contributed by atoms with Gasteiger partial charge in [-0.3, -0.25) is 14.4 Å². The zero-order valence-corrected chi connectivity index (χ0v) is 13.2. The Balaban J connectivity index is 2.43. The molecule has 0 saturated carbocycles. The van der Waals surface area contributed by atoms with Crippen LogP contribution in [0.2, 0.25) is 0 Å². The fourth-order valence-electron chi connectivity index (χ4n) is 2.69. The fourth-order valence-corrected chi connectivity index (χ4v) is 2.69. The number of likely N-dealkylation sites (tertiary alicyclic amines) is 1. The van der Waals surface area contributed by atoms with Crippen molar-refractivity contribution in [1.29, 1.82) is 0 Å². The van der Waals surface area contributed by atoms with Gasteiger partial charge in [0.1, 0.15) is 0 Å². The summed E-state index contributed by atoms with van der Waals surface area (Å²) in [6.45, 7) is 4.90. The number of hydrogen-bond donors (Lipinski definition) is 1. The summed E-state index contributed by atoms with van der Waals surface area (Å²) in [5, 5.41) is 8.94. The number of piperidine rings is 1. The molecule has 0 bridgehead atoms. The predicted octanol–water partition coefficient (Wildman–Crippen LogP) is 1.20. The van der Waals surface area contributed by atoms with E-state index in [0.29, 0.717) is 25.9 Å². The van der Waals surface area contributed by atoms with Gasteiger partial charge in [-0.1, -0.05) is 20.3 Å². The molecule has 6 nitrogen and oxygen atoms in total. The third-order valence-electron chi connectivity index (χ3n) is 4.09. The van der Waals surface area contributed by atoms with Crippen LogP contribution in [0.15, 0.2) is 0 Å². The second-order valence-corrected chi connectivity index (χ2v) is 5.88. The number of aliphatic carboxylic acids is 1. The zero-order valence-electron chi connectivity index (χ0n) is 13.2. The summed E-state index contributed by atoms with van der Waals surface area (Å²) in [6, 6.07) is 0. The molecule has 0 aliphatic carbocycles. The first-order chi connectivity index (χ1) is 9.86. The molecule has 6 heteroatoms. The predicted molar refractivity (Wildman–Crippen MR) is 78.6 cm³/mol. The van der Waals surface area contributed by atoms with Crippen LogP contribution in [0.25, 0.3) is 0 Å². The monoisotopic (exact) mass is 298 g/mol. The molecule has 0 aromatic rings. The minimum absolute atomic E-state index is 0.00868. The summed E-state index contributed by atoms with van der Waals surface area (Å²) >= 11 is 0. The second kappa shape index (κ2) is 8.00. The lowest BCUT2D eigenvalue weighted by Gasteiger charge is -2.31. The summed E-state index contributed by atoms with van der Waals surface area (Å²) in [6.07, 6.45) is 2.74. The van der Waals surface area contributed by atoms with Crippen molar-refractivity contribution in [2.75, 3.05) is 26.7 Å². The van der Waals surface area contributed by atoms with Crippen molar-refractivity contribution in [2.45, 2.75) is 39.5 Å². The first-order valence-corrected chi connectivity index (χ1v) is 7.62. The smallest absolute Gasteiger partial charge is 0.306 e. The van der Waals surface area contributed by atoms with E-state index in [-0.39, 0.29) is 30.2 Å². The van der Waals surface area contributed by atoms with Crippen LogP contribution in [-0.2, 0) is 14.4 Å². The van der Waals surface area contributed by atoms with Crippen LogP contribution in [0.4, 0.5) is 0 Å². The van der Waals surface area contributed by atoms with Gasteiger partial charge in [0.15, 0.2) is 0 Å². The van der Waals surface area contributed by atoms with E-state index in [1.165, 1.54) is 4.90 Å². The minimum atomic E-state index is -0.789. The SMILES string of the molecule is CCCC(C)C(=O)N(C)CC(=O)N1CCC(C(=O)O)CC1. The van der Waals surface area contributed by atoms with E-state index in [9.17, 15) is 14.4 Å². The standard InChI is InChI=1S/C15H26N2O4/c1-4-5-11(2)14(19)16(3)10-13(18)17-8-6-12(7-9-17)15(20)21/h11-12H,4-10H2,1-3H3,(H,20,21). The van der Waals surface area contributed by atoms with Gasteiger partial charge in [0.2, 0.25) is 11.8 Å². The molecule has 1 heterocycles. The van der Waals surface area contributed by atoms with E-state index in [2.05, 4.69) is 0 Å². The van der Waals surface area contributed by atoms with E-state index in [1.807, 2.05) is 13.8 Å². The third kappa shape index (κ3) is 5.02. The third-order valence-corrected chi connectivity index (χ3v) is 4.09. The maximum Gasteiger partial charge on any atom is 0.306 e. The lowest BCUT2D eigenvalue weighted by atomic mass is 9.97. The lowest BCUT2D eigenvalue weighted by Crippen LogP contribution is -2.46. The van der Waals surface area contributed by atoms with E-state index in [1.54, 1.807) is 11.9 Å². The molecule has 0 aromatic heterocycles. The Morgan fingerprint density at radius 1 is 1.29 bits per heavy atom. The van der Waals surface area contributed by atoms with Gasteiger partial charge in [0.25, 0.3) is 0 Å². The second-order valence-electron chi connectivity index (χ2n) is 5.88. The number of carbonyl (C=O) groups excluding carboxylic acids is 2. The molecule has 21 heavy (non-hydrogen) atoms. The number of carbonyl (C=O) groups is 3. The molecule has 1 aliphatic rings. The average molecular weight is 298 g/mol. The topological polar surface area (TPSA) is 77.9 Å². The van der Waals surface area contributed by atoms with Crippen molar-refractivity contribution >= 4 is 17.8 Å². The highest BCUT2D eigenvalue weighted by Crippen LogP contribution is 2.17. The normalized spacial score (nSPS) is 17.4. The molecule has 1 rings (SSSR count). The largest absolute Gasteiger partial charge is 0.481 e. The molecule has 0 aromatic carbocycles. The van der Waals surface area contributed by atoms with Gasteiger partial charge in [-0.15, -0.1) is 0 Å². The van der Waals surface area contributed by atoms with E-state index >= 15 is 0 Å². The van der Waals surface area contributed by atoms with Gasteiger partial charge in [-0.05, 0) is 19.3 Å². The Bertz CT molecular complexity index is 389. The molecule has 0 radical (unpaired) electrons. The van der Waals surface area contributed by atoms with Crippen molar-refractivity contribution in [3.8, 4) is 0 Å². The number of rotatable bonds is 6. The Hall–Kier alpha value is -1.59. The Morgan fingerprint density at radius 3 is 2.33 bits per heavy atom. The summed E-state index contributed by atoms with van der Waals surface area (Å²) in [7, 11) is 1.65. The van der Waals surface area contributed by atoms with Crippen LogP contribution in [-0.4, -0.2) is 59.4 Å². The molecule has 1 atom stereocenters. The Morgan fingerprint density at radius 2 is 1.86 bits per heavy atom. The van der Waals surface area contributed by atoms with Crippen LogP contribution in [0.1, 0.15) is 39.5 Å². The van der Waals surface area contributed by atoms with Crippen molar-refractivity contribution in [1.82, 2.24) is 9.80 Å². The Labute approximate surface area is 126 Å². The maximum atomic E-state index is 12.2. The molecule has 0 spiro atoms. The van der Waals surface area contributed by atoms with Gasteiger partial charge in [0, 0.05) is 26.1 Å². The summed E-state index contributed by atoms with van der Waals surface area (Å²) < 4.78 is 0. The summed E-state index contributed by atoms with van der Waals surface area (Å²) in [4.78, 5) is 38.2. The molecule has 2 amide bonds. The summed E-state index contributed by atoms with van der Waals surface area (Å²) in [5.74, 6) is -1.31. The molecule has 1 fully saturated rings. The van der Waals surface area contributed by atoms with E-state index in [4.69, 9.17) is 5.11 Å². The number of carboxylic acids is 1. The van der Waals surface area contributed by atoms with Crippen molar-refractivity contribution in [3.05, 3.63) is 0 Å². The fraction of sp³-hybridized carbons (Fsp3) is 0.800.